The van der Waals surface area contributed by atoms with Crippen molar-refractivity contribution in [1.82, 2.24) is 0 Å². The van der Waals surface area contributed by atoms with Crippen molar-refractivity contribution in [2.24, 2.45) is 11.8 Å². The van der Waals surface area contributed by atoms with E-state index in [0.717, 1.165) is 12.5 Å². The third-order valence-electron chi connectivity index (χ3n) is 6.54. The lowest BCUT2D eigenvalue weighted by atomic mass is 9.73. The van der Waals surface area contributed by atoms with Crippen LogP contribution in [-0.4, -0.2) is 12.6 Å². The Balaban J connectivity index is 1.50. The summed E-state index contributed by atoms with van der Waals surface area (Å²) < 4.78 is 6.26. The predicted octanol–water partition coefficient (Wildman–Crippen LogP) is 5.81. The molecule has 0 spiro atoms. The highest BCUT2D eigenvalue weighted by molar-refractivity contribution is 5.70. The number of nitrogens with one attached hydrogen (secondary N) is 1. The molecular formula is C23H27NO. The third-order valence-corrected chi connectivity index (χ3v) is 6.54. The van der Waals surface area contributed by atoms with E-state index in [0.29, 0.717) is 12.0 Å². The van der Waals surface area contributed by atoms with Gasteiger partial charge in [-0.1, -0.05) is 55.7 Å². The van der Waals surface area contributed by atoms with E-state index in [2.05, 4.69) is 53.8 Å². The number of ether oxygens (including phenoxy) is 1. The second kappa shape index (κ2) is 6.49. The van der Waals surface area contributed by atoms with E-state index in [9.17, 15) is 0 Å². The van der Waals surface area contributed by atoms with Crippen LogP contribution >= 0.6 is 0 Å². The Bertz CT molecular complexity index is 735. The van der Waals surface area contributed by atoms with E-state index in [1.54, 1.807) is 0 Å². The molecule has 3 atom stereocenters. The third kappa shape index (κ3) is 2.77. The monoisotopic (exact) mass is 333 g/mol. The fourth-order valence-electron chi connectivity index (χ4n) is 5.28. The topological polar surface area (TPSA) is 21.3 Å². The molecular weight excluding hydrogens is 306 g/mol. The molecule has 5 rings (SSSR count). The first-order valence-electron chi connectivity index (χ1n) is 9.98. The van der Waals surface area contributed by atoms with Gasteiger partial charge in [0.25, 0.3) is 0 Å². The zero-order valence-corrected chi connectivity index (χ0v) is 14.8. The molecule has 0 aromatic heterocycles. The maximum absolute atomic E-state index is 6.26. The van der Waals surface area contributed by atoms with E-state index in [-0.39, 0.29) is 6.10 Å². The molecule has 0 radical (unpaired) electrons. The van der Waals surface area contributed by atoms with Gasteiger partial charge in [-0.2, -0.15) is 0 Å². The van der Waals surface area contributed by atoms with E-state index in [4.69, 9.17) is 4.74 Å². The van der Waals surface area contributed by atoms with Gasteiger partial charge in [0.15, 0.2) is 0 Å². The Morgan fingerprint density at radius 2 is 1.68 bits per heavy atom. The van der Waals surface area contributed by atoms with Crippen molar-refractivity contribution in [3.63, 3.8) is 0 Å². The molecule has 0 amide bonds. The molecule has 2 aromatic rings. The van der Waals surface area contributed by atoms with Gasteiger partial charge in [0, 0.05) is 29.8 Å². The highest BCUT2D eigenvalue weighted by atomic mass is 16.5. The van der Waals surface area contributed by atoms with Gasteiger partial charge in [0.1, 0.15) is 0 Å². The average Bonchev–Trinajstić information content (AvgIpc) is 3.18. The number of fused-ring (bicyclic) bond motifs is 3. The first-order chi connectivity index (χ1) is 12.4. The van der Waals surface area contributed by atoms with Gasteiger partial charge in [-0.05, 0) is 48.4 Å². The van der Waals surface area contributed by atoms with E-state index in [1.165, 1.54) is 60.9 Å². The van der Waals surface area contributed by atoms with Crippen LogP contribution in [-0.2, 0) is 4.74 Å². The van der Waals surface area contributed by atoms with E-state index >= 15 is 0 Å². The highest BCUT2D eigenvalue weighted by Crippen LogP contribution is 2.49. The van der Waals surface area contributed by atoms with Crippen LogP contribution < -0.4 is 5.32 Å². The number of rotatable bonds is 2. The van der Waals surface area contributed by atoms with Gasteiger partial charge in [0.2, 0.25) is 0 Å². The first-order valence-corrected chi connectivity index (χ1v) is 9.98. The summed E-state index contributed by atoms with van der Waals surface area (Å²) in [5.74, 6) is 1.46. The molecule has 1 saturated carbocycles. The van der Waals surface area contributed by atoms with Crippen molar-refractivity contribution in [3.05, 3.63) is 54.1 Å². The lowest BCUT2D eigenvalue weighted by molar-refractivity contribution is 0.0732. The molecule has 2 nitrogen and oxygen atoms in total. The van der Waals surface area contributed by atoms with Crippen molar-refractivity contribution >= 4 is 5.69 Å². The molecule has 3 aliphatic rings. The van der Waals surface area contributed by atoms with Crippen LogP contribution in [0.2, 0.25) is 0 Å². The van der Waals surface area contributed by atoms with E-state index < -0.39 is 0 Å². The molecule has 0 unspecified atom stereocenters. The van der Waals surface area contributed by atoms with Gasteiger partial charge in [-0.25, -0.2) is 0 Å². The van der Waals surface area contributed by atoms with Crippen LogP contribution in [0, 0.1) is 11.8 Å². The van der Waals surface area contributed by atoms with Crippen LogP contribution in [0.15, 0.2) is 48.5 Å². The average molecular weight is 333 g/mol. The largest absolute Gasteiger partial charge is 0.381 e. The van der Waals surface area contributed by atoms with Gasteiger partial charge < -0.3 is 10.1 Å². The van der Waals surface area contributed by atoms with E-state index in [1.807, 2.05) is 0 Å². The zero-order valence-electron chi connectivity index (χ0n) is 14.8. The van der Waals surface area contributed by atoms with Crippen molar-refractivity contribution in [3.8, 4) is 11.1 Å². The molecule has 130 valence electrons. The van der Waals surface area contributed by atoms with Crippen molar-refractivity contribution in [2.75, 3.05) is 11.9 Å². The van der Waals surface area contributed by atoms with Crippen LogP contribution in [0.3, 0.4) is 0 Å². The summed E-state index contributed by atoms with van der Waals surface area (Å²) >= 11 is 0. The molecule has 0 bridgehead atoms. The normalized spacial score (nSPS) is 28.9. The quantitative estimate of drug-likeness (QED) is 0.749. The van der Waals surface area contributed by atoms with Crippen molar-refractivity contribution < 1.29 is 4.74 Å². The molecule has 1 N–H and O–H groups in total. The minimum Gasteiger partial charge on any atom is -0.381 e. The van der Waals surface area contributed by atoms with Crippen LogP contribution in [0.25, 0.3) is 11.1 Å². The Labute approximate surface area is 150 Å². The Morgan fingerprint density at radius 3 is 2.52 bits per heavy atom. The van der Waals surface area contributed by atoms with Crippen molar-refractivity contribution in [2.45, 2.75) is 50.7 Å². The van der Waals surface area contributed by atoms with Crippen LogP contribution in [0.5, 0.6) is 0 Å². The fourth-order valence-corrected chi connectivity index (χ4v) is 5.28. The number of anilines is 1. The Kier molecular flexibility index (Phi) is 4.01. The summed E-state index contributed by atoms with van der Waals surface area (Å²) in [7, 11) is 0. The summed E-state index contributed by atoms with van der Waals surface area (Å²) in [5.41, 5.74) is 5.26. The molecule has 25 heavy (non-hydrogen) atoms. The molecule has 2 aliphatic heterocycles. The predicted molar refractivity (Wildman–Crippen MR) is 103 cm³/mol. The molecule has 1 aliphatic carbocycles. The molecule has 2 fully saturated rings. The molecule has 2 heteroatoms. The smallest absolute Gasteiger partial charge is 0.0893 e. The minimum absolute atomic E-state index is 0.284. The summed E-state index contributed by atoms with van der Waals surface area (Å²) in [5, 5.41) is 3.94. The summed E-state index contributed by atoms with van der Waals surface area (Å²) in [6.07, 6.45) is 8.49. The minimum atomic E-state index is 0.284. The highest BCUT2D eigenvalue weighted by Gasteiger charge is 2.43. The van der Waals surface area contributed by atoms with Crippen molar-refractivity contribution in [1.29, 1.82) is 0 Å². The number of hydrogen-bond acceptors (Lipinski definition) is 2. The molecule has 2 aromatic carbocycles. The Hall–Kier alpha value is -1.80. The summed E-state index contributed by atoms with van der Waals surface area (Å²) in [4.78, 5) is 0. The standard InChI is InChI=1S/C23H27NO/c1-3-7-16(8-4-1)18-11-12-21-20(15-18)23-19(13-14-25-23)22(24-21)17-9-5-2-6-10-17/h1,3-4,7-8,11-12,15,17,19,22-24H,2,5-6,9-10,13-14H2/t19-,22+,23-/m0/s1. The van der Waals surface area contributed by atoms with Gasteiger partial charge in [-0.3, -0.25) is 0 Å². The SMILES string of the molecule is c1ccc(-c2ccc3c(c2)[C@H]2OCC[C@H]2[C@@H](C2CCCCC2)N3)cc1. The summed E-state index contributed by atoms with van der Waals surface area (Å²) in [6.45, 7) is 0.912. The fraction of sp³-hybridized carbons (Fsp3) is 0.478. The number of hydrogen-bond donors (Lipinski definition) is 1. The molecule has 2 heterocycles. The first kappa shape index (κ1) is 15.5. The Morgan fingerprint density at radius 1 is 0.840 bits per heavy atom. The maximum Gasteiger partial charge on any atom is 0.0893 e. The lowest BCUT2D eigenvalue weighted by Crippen LogP contribution is -2.42. The zero-order chi connectivity index (χ0) is 16.6. The van der Waals surface area contributed by atoms with Gasteiger partial charge in [0.05, 0.1) is 6.10 Å². The number of benzene rings is 2. The molecule has 1 saturated heterocycles. The summed E-state index contributed by atoms with van der Waals surface area (Å²) in [6, 6.07) is 18.2. The van der Waals surface area contributed by atoms with Gasteiger partial charge >= 0.3 is 0 Å². The second-order valence-electron chi connectivity index (χ2n) is 7.98. The second-order valence-corrected chi connectivity index (χ2v) is 7.98. The lowest BCUT2D eigenvalue weighted by Gasteiger charge is -2.42. The maximum atomic E-state index is 6.26. The van der Waals surface area contributed by atoms with Crippen LogP contribution in [0.4, 0.5) is 5.69 Å². The van der Waals surface area contributed by atoms with Gasteiger partial charge in [-0.15, -0.1) is 0 Å². The van der Waals surface area contributed by atoms with Crippen LogP contribution in [0.1, 0.15) is 50.2 Å².